The fraction of sp³-hybridized carbons (Fsp3) is 0.263. The average molecular weight is 356 g/mol. The van der Waals surface area contributed by atoms with Crippen molar-refractivity contribution in [2.24, 2.45) is 0 Å². The van der Waals surface area contributed by atoms with Gasteiger partial charge in [-0.15, -0.1) is 10.2 Å². The minimum Gasteiger partial charge on any atom is -0.506 e. The number of aromatic hydroxyl groups is 1. The summed E-state index contributed by atoms with van der Waals surface area (Å²) >= 11 is 6.04. The summed E-state index contributed by atoms with van der Waals surface area (Å²) in [5.74, 6) is 0.641. The number of hydrogen-bond donors (Lipinski definition) is 3. The van der Waals surface area contributed by atoms with Crippen LogP contribution in [0.4, 0.5) is 5.82 Å². The molecule has 3 aromatic rings. The third-order valence-electron chi connectivity index (χ3n) is 4.73. The first-order chi connectivity index (χ1) is 12.1. The van der Waals surface area contributed by atoms with Crippen LogP contribution in [-0.4, -0.2) is 32.6 Å². The van der Waals surface area contributed by atoms with Gasteiger partial charge in [-0.2, -0.15) is 0 Å². The van der Waals surface area contributed by atoms with Crippen molar-refractivity contribution in [3.8, 4) is 17.0 Å². The van der Waals surface area contributed by atoms with Gasteiger partial charge in [0.25, 0.3) is 0 Å². The second-order valence-electron chi connectivity index (χ2n) is 6.33. The predicted molar refractivity (Wildman–Crippen MR) is 98.9 cm³/mol. The van der Waals surface area contributed by atoms with Crippen LogP contribution in [0.1, 0.15) is 19.3 Å². The standard InChI is InChI=1S/C19H18ClN3O2/c20-14-8-3-7-13(18(14)25)17-11-5-1-2-6-12(11)19(23-22-17)21-15-9-4-10-16(15)24/h1-3,5-8,15-16,24-25H,4,9-10H2,(H,21,23)/t15-,16-/m0/s1. The summed E-state index contributed by atoms with van der Waals surface area (Å²) < 4.78 is 0. The first-order valence-electron chi connectivity index (χ1n) is 8.33. The summed E-state index contributed by atoms with van der Waals surface area (Å²) in [5.41, 5.74) is 1.12. The van der Waals surface area contributed by atoms with Crippen LogP contribution in [0, 0.1) is 0 Å². The van der Waals surface area contributed by atoms with Crippen LogP contribution in [0.25, 0.3) is 22.0 Å². The quantitative estimate of drug-likeness (QED) is 0.662. The molecule has 1 fully saturated rings. The molecule has 6 heteroatoms. The van der Waals surface area contributed by atoms with E-state index in [1.165, 1.54) is 0 Å². The second-order valence-corrected chi connectivity index (χ2v) is 6.74. The smallest absolute Gasteiger partial charge is 0.156 e. The SMILES string of the molecule is Oc1c(Cl)cccc1-c1nnc(N[C@H]2CCC[C@@H]2O)c2ccccc12. The fourth-order valence-corrected chi connectivity index (χ4v) is 3.57. The largest absolute Gasteiger partial charge is 0.506 e. The zero-order chi connectivity index (χ0) is 17.4. The molecule has 0 amide bonds. The highest BCUT2D eigenvalue weighted by atomic mass is 35.5. The number of aromatic nitrogens is 2. The van der Waals surface area contributed by atoms with Gasteiger partial charge in [-0.3, -0.25) is 0 Å². The zero-order valence-corrected chi connectivity index (χ0v) is 14.2. The van der Waals surface area contributed by atoms with Crippen molar-refractivity contribution in [3.05, 3.63) is 47.5 Å². The lowest BCUT2D eigenvalue weighted by molar-refractivity contribution is 0.171. The summed E-state index contributed by atoms with van der Waals surface area (Å²) in [5, 5.41) is 34.4. The molecule has 1 saturated carbocycles. The maximum atomic E-state index is 10.3. The second kappa shape index (κ2) is 6.50. The normalized spacial score (nSPS) is 20.1. The molecule has 1 aliphatic rings. The number of fused-ring (bicyclic) bond motifs is 1. The molecule has 2 aromatic carbocycles. The van der Waals surface area contributed by atoms with E-state index in [9.17, 15) is 10.2 Å². The van der Waals surface area contributed by atoms with Gasteiger partial charge in [0.05, 0.1) is 17.2 Å². The minimum atomic E-state index is -0.364. The highest BCUT2D eigenvalue weighted by Crippen LogP contribution is 2.38. The van der Waals surface area contributed by atoms with Crippen molar-refractivity contribution in [2.45, 2.75) is 31.4 Å². The molecule has 0 saturated heterocycles. The molecule has 0 aliphatic heterocycles. The van der Waals surface area contributed by atoms with Gasteiger partial charge in [0, 0.05) is 16.3 Å². The fourth-order valence-electron chi connectivity index (χ4n) is 3.40. The van der Waals surface area contributed by atoms with Gasteiger partial charge in [-0.05, 0) is 31.4 Å². The number of aliphatic hydroxyl groups excluding tert-OH is 1. The molecule has 128 valence electrons. The van der Waals surface area contributed by atoms with Gasteiger partial charge in [0.1, 0.15) is 11.4 Å². The Morgan fingerprint density at radius 2 is 1.80 bits per heavy atom. The van der Waals surface area contributed by atoms with Crippen LogP contribution in [0.3, 0.4) is 0 Å². The van der Waals surface area contributed by atoms with E-state index in [2.05, 4.69) is 15.5 Å². The van der Waals surface area contributed by atoms with Crippen LogP contribution in [-0.2, 0) is 0 Å². The van der Waals surface area contributed by atoms with Crippen molar-refractivity contribution in [3.63, 3.8) is 0 Å². The zero-order valence-electron chi connectivity index (χ0n) is 13.5. The van der Waals surface area contributed by atoms with Crippen molar-refractivity contribution in [1.29, 1.82) is 0 Å². The number of para-hydroxylation sites is 1. The summed E-state index contributed by atoms with van der Waals surface area (Å²) in [6, 6.07) is 12.9. The van der Waals surface area contributed by atoms with Crippen molar-refractivity contribution in [2.75, 3.05) is 5.32 Å². The molecule has 4 rings (SSSR count). The molecule has 0 bridgehead atoms. The summed E-state index contributed by atoms with van der Waals surface area (Å²) in [7, 11) is 0. The maximum Gasteiger partial charge on any atom is 0.156 e. The molecule has 1 heterocycles. The highest BCUT2D eigenvalue weighted by Gasteiger charge is 2.26. The number of phenols is 1. The van der Waals surface area contributed by atoms with E-state index < -0.39 is 0 Å². The van der Waals surface area contributed by atoms with Gasteiger partial charge in [-0.1, -0.05) is 41.9 Å². The molecule has 0 unspecified atom stereocenters. The number of phenolic OH excluding ortho intramolecular Hbond substituents is 1. The summed E-state index contributed by atoms with van der Waals surface area (Å²) in [6.45, 7) is 0. The third-order valence-corrected chi connectivity index (χ3v) is 5.04. The number of aliphatic hydroxyl groups is 1. The Morgan fingerprint density at radius 1 is 1.00 bits per heavy atom. The van der Waals surface area contributed by atoms with Crippen LogP contribution in [0.15, 0.2) is 42.5 Å². The number of hydrogen-bond acceptors (Lipinski definition) is 5. The molecular weight excluding hydrogens is 338 g/mol. The molecule has 25 heavy (non-hydrogen) atoms. The minimum absolute atomic E-state index is 0.00413. The van der Waals surface area contributed by atoms with Crippen molar-refractivity contribution >= 4 is 28.2 Å². The number of nitrogens with one attached hydrogen (secondary N) is 1. The van der Waals surface area contributed by atoms with E-state index in [1.807, 2.05) is 24.3 Å². The lowest BCUT2D eigenvalue weighted by Crippen LogP contribution is -2.28. The molecule has 1 aromatic heterocycles. The maximum absolute atomic E-state index is 10.3. The van der Waals surface area contributed by atoms with Crippen molar-refractivity contribution < 1.29 is 10.2 Å². The van der Waals surface area contributed by atoms with E-state index >= 15 is 0 Å². The Kier molecular flexibility index (Phi) is 4.19. The number of rotatable bonds is 3. The number of benzene rings is 2. The molecule has 1 aliphatic carbocycles. The Hall–Kier alpha value is -2.37. The molecule has 0 radical (unpaired) electrons. The topological polar surface area (TPSA) is 78.3 Å². The Labute approximate surface area is 150 Å². The van der Waals surface area contributed by atoms with E-state index in [0.717, 1.165) is 30.0 Å². The van der Waals surface area contributed by atoms with E-state index in [-0.39, 0.29) is 22.9 Å². The highest BCUT2D eigenvalue weighted by molar-refractivity contribution is 6.32. The number of anilines is 1. The van der Waals surface area contributed by atoms with E-state index in [0.29, 0.717) is 17.1 Å². The number of halogens is 1. The molecule has 2 atom stereocenters. The van der Waals surface area contributed by atoms with Crippen molar-refractivity contribution in [1.82, 2.24) is 10.2 Å². The van der Waals surface area contributed by atoms with Crippen LogP contribution in [0.5, 0.6) is 5.75 Å². The van der Waals surface area contributed by atoms with E-state index in [1.54, 1.807) is 18.2 Å². The summed E-state index contributed by atoms with van der Waals surface area (Å²) in [6.07, 6.45) is 2.35. The Balaban J connectivity index is 1.83. The molecule has 5 nitrogen and oxygen atoms in total. The first kappa shape index (κ1) is 16.1. The van der Waals surface area contributed by atoms with Gasteiger partial charge >= 0.3 is 0 Å². The predicted octanol–water partition coefficient (Wildman–Crippen LogP) is 3.98. The lowest BCUT2D eigenvalue weighted by Gasteiger charge is -2.18. The average Bonchev–Trinajstić information content (AvgIpc) is 3.03. The monoisotopic (exact) mass is 355 g/mol. The van der Waals surface area contributed by atoms with Gasteiger partial charge in [0.2, 0.25) is 0 Å². The van der Waals surface area contributed by atoms with Crippen LogP contribution < -0.4 is 5.32 Å². The van der Waals surface area contributed by atoms with Crippen LogP contribution >= 0.6 is 11.6 Å². The summed E-state index contributed by atoms with van der Waals surface area (Å²) in [4.78, 5) is 0. The van der Waals surface area contributed by atoms with Gasteiger partial charge < -0.3 is 15.5 Å². The Morgan fingerprint density at radius 3 is 2.56 bits per heavy atom. The third kappa shape index (κ3) is 2.90. The molecule has 3 N–H and O–H groups in total. The van der Waals surface area contributed by atoms with Gasteiger partial charge in [-0.25, -0.2) is 0 Å². The first-order valence-corrected chi connectivity index (χ1v) is 8.71. The molecular formula is C19H18ClN3O2. The Bertz CT molecular complexity index is 932. The van der Waals surface area contributed by atoms with Gasteiger partial charge in [0.15, 0.2) is 5.82 Å². The molecule has 0 spiro atoms. The number of nitrogens with zero attached hydrogens (tertiary/aromatic N) is 2. The van der Waals surface area contributed by atoms with E-state index in [4.69, 9.17) is 11.6 Å². The van der Waals surface area contributed by atoms with Crippen LogP contribution in [0.2, 0.25) is 5.02 Å². The lowest BCUT2D eigenvalue weighted by atomic mass is 10.0.